The van der Waals surface area contributed by atoms with Crippen LogP contribution in [0.1, 0.15) is 6.92 Å². The predicted octanol–water partition coefficient (Wildman–Crippen LogP) is 2.22. The minimum Gasteiger partial charge on any atom is -0.488 e. The topological polar surface area (TPSA) is 47.3 Å². The van der Waals surface area contributed by atoms with Crippen LogP contribution in [0.15, 0.2) is 18.2 Å². The van der Waals surface area contributed by atoms with Gasteiger partial charge in [0.2, 0.25) is 0 Å². The van der Waals surface area contributed by atoms with Gasteiger partial charge in [-0.15, -0.1) is 0 Å². The van der Waals surface area contributed by atoms with Crippen molar-refractivity contribution in [2.75, 3.05) is 6.54 Å². The lowest BCUT2D eigenvalue weighted by molar-refractivity contribution is 0.218. The largest absolute Gasteiger partial charge is 0.488 e. The van der Waals surface area contributed by atoms with Crippen molar-refractivity contribution in [3.63, 3.8) is 0 Å². The summed E-state index contributed by atoms with van der Waals surface area (Å²) in [6.07, 6.45) is -0.0593. The fraction of sp³-hybridized carbons (Fsp3) is 0.333. The normalized spacial score (nSPS) is 12.6. The number of benzene rings is 1. The van der Waals surface area contributed by atoms with E-state index in [2.05, 4.69) is 5.43 Å². The van der Waals surface area contributed by atoms with Crippen molar-refractivity contribution in [2.45, 2.75) is 13.0 Å². The van der Waals surface area contributed by atoms with E-state index in [9.17, 15) is 0 Å². The Morgan fingerprint density at radius 1 is 1.50 bits per heavy atom. The van der Waals surface area contributed by atoms with Crippen molar-refractivity contribution in [3.8, 4) is 5.75 Å². The molecule has 0 bridgehead atoms. The van der Waals surface area contributed by atoms with Gasteiger partial charge in [0.15, 0.2) is 0 Å². The fourth-order valence-electron chi connectivity index (χ4n) is 0.992. The molecule has 1 aromatic rings. The fourth-order valence-corrected chi connectivity index (χ4v) is 1.32. The molecule has 0 aliphatic rings. The number of rotatable bonds is 4. The van der Waals surface area contributed by atoms with Crippen molar-refractivity contribution >= 4 is 23.2 Å². The average Bonchev–Trinajstić information content (AvgIpc) is 2.12. The van der Waals surface area contributed by atoms with Crippen LogP contribution in [0.25, 0.3) is 0 Å². The summed E-state index contributed by atoms with van der Waals surface area (Å²) in [4.78, 5) is 0. The minimum atomic E-state index is -0.0593. The molecule has 78 valence electrons. The van der Waals surface area contributed by atoms with Gasteiger partial charge in [-0.3, -0.25) is 11.3 Å². The minimum absolute atomic E-state index is 0.0593. The highest BCUT2D eigenvalue weighted by Gasteiger charge is 2.07. The summed E-state index contributed by atoms with van der Waals surface area (Å²) >= 11 is 11.7. The molecule has 1 aromatic carbocycles. The Morgan fingerprint density at radius 2 is 2.21 bits per heavy atom. The molecule has 0 radical (unpaired) electrons. The molecule has 0 saturated heterocycles. The second kappa shape index (κ2) is 5.41. The van der Waals surface area contributed by atoms with Crippen molar-refractivity contribution in [3.05, 3.63) is 28.2 Å². The summed E-state index contributed by atoms with van der Waals surface area (Å²) < 4.78 is 5.51. The van der Waals surface area contributed by atoms with E-state index in [0.717, 1.165) is 0 Å². The number of nitrogens with two attached hydrogens (primary N) is 1. The van der Waals surface area contributed by atoms with Gasteiger partial charge in [-0.05, 0) is 19.1 Å². The highest BCUT2D eigenvalue weighted by atomic mass is 35.5. The maximum atomic E-state index is 5.91. The first-order chi connectivity index (χ1) is 6.63. The molecule has 0 aliphatic heterocycles. The van der Waals surface area contributed by atoms with Gasteiger partial charge in [0, 0.05) is 17.6 Å². The van der Waals surface area contributed by atoms with Gasteiger partial charge in [-0.2, -0.15) is 0 Å². The summed E-state index contributed by atoms with van der Waals surface area (Å²) in [5.41, 5.74) is 2.52. The zero-order valence-electron chi connectivity index (χ0n) is 7.76. The van der Waals surface area contributed by atoms with Crippen LogP contribution in [0.4, 0.5) is 0 Å². The molecule has 5 heteroatoms. The number of ether oxygens (including phenoxy) is 1. The first-order valence-electron chi connectivity index (χ1n) is 4.18. The van der Waals surface area contributed by atoms with Crippen LogP contribution in [0.2, 0.25) is 10.0 Å². The van der Waals surface area contributed by atoms with Gasteiger partial charge in [0.25, 0.3) is 0 Å². The van der Waals surface area contributed by atoms with Crippen LogP contribution < -0.4 is 16.0 Å². The zero-order valence-corrected chi connectivity index (χ0v) is 9.27. The molecular formula is C9H12Cl2N2O. The molecule has 0 saturated carbocycles. The van der Waals surface area contributed by atoms with Crippen molar-refractivity contribution in [1.82, 2.24) is 5.43 Å². The lowest BCUT2D eigenvalue weighted by Crippen LogP contribution is -2.33. The molecule has 0 aliphatic carbocycles. The van der Waals surface area contributed by atoms with Crippen LogP contribution in [0, 0.1) is 0 Å². The highest BCUT2D eigenvalue weighted by molar-refractivity contribution is 6.34. The Hall–Kier alpha value is -0.480. The summed E-state index contributed by atoms with van der Waals surface area (Å²) in [5, 5.41) is 1.13. The van der Waals surface area contributed by atoms with Gasteiger partial charge < -0.3 is 4.74 Å². The monoisotopic (exact) mass is 234 g/mol. The quantitative estimate of drug-likeness (QED) is 0.621. The van der Waals surface area contributed by atoms with E-state index >= 15 is 0 Å². The molecule has 3 N–H and O–H groups in total. The first kappa shape index (κ1) is 11.6. The van der Waals surface area contributed by atoms with Crippen molar-refractivity contribution in [1.29, 1.82) is 0 Å². The molecule has 0 amide bonds. The van der Waals surface area contributed by atoms with Crippen LogP contribution in [0.5, 0.6) is 5.75 Å². The Morgan fingerprint density at radius 3 is 2.86 bits per heavy atom. The van der Waals surface area contributed by atoms with E-state index in [1.165, 1.54) is 0 Å². The zero-order chi connectivity index (χ0) is 10.6. The van der Waals surface area contributed by atoms with E-state index < -0.39 is 0 Å². The molecule has 3 nitrogen and oxygen atoms in total. The molecule has 0 heterocycles. The summed E-state index contributed by atoms with van der Waals surface area (Å²) in [5.74, 6) is 5.73. The summed E-state index contributed by atoms with van der Waals surface area (Å²) in [6.45, 7) is 2.43. The smallest absolute Gasteiger partial charge is 0.139 e. The first-order valence-corrected chi connectivity index (χ1v) is 4.94. The van der Waals surface area contributed by atoms with E-state index in [-0.39, 0.29) is 6.10 Å². The van der Waals surface area contributed by atoms with Crippen LogP contribution in [-0.2, 0) is 0 Å². The number of hydrogen-bond donors (Lipinski definition) is 2. The second-order valence-corrected chi connectivity index (χ2v) is 3.76. The average molecular weight is 235 g/mol. The van der Waals surface area contributed by atoms with E-state index in [0.29, 0.717) is 22.3 Å². The predicted molar refractivity (Wildman–Crippen MR) is 58.7 cm³/mol. The van der Waals surface area contributed by atoms with Crippen LogP contribution in [0.3, 0.4) is 0 Å². The molecule has 0 aromatic heterocycles. The Bertz CT molecular complexity index is 307. The van der Waals surface area contributed by atoms with Crippen molar-refractivity contribution < 1.29 is 4.74 Å². The van der Waals surface area contributed by atoms with E-state index in [4.69, 9.17) is 33.8 Å². The SMILES string of the molecule is CC(CNN)Oc1cc(Cl)ccc1Cl. The Labute approximate surface area is 93.1 Å². The van der Waals surface area contributed by atoms with Crippen LogP contribution >= 0.6 is 23.2 Å². The Kier molecular flexibility index (Phi) is 4.48. The molecule has 0 fully saturated rings. The van der Waals surface area contributed by atoms with Gasteiger partial charge >= 0.3 is 0 Å². The third kappa shape index (κ3) is 3.35. The number of hydrazine groups is 1. The number of halogens is 2. The molecule has 0 spiro atoms. The third-order valence-corrected chi connectivity index (χ3v) is 2.17. The Balaban J connectivity index is 2.70. The standard InChI is InChI=1S/C9H12Cl2N2O/c1-6(5-13-12)14-9-4-7(10)2-3-8(9)11/h2-4,6,13H,5,12H2,1H3. The van der Waals surface area contributed by atoms with Gasteiger partial charge in [0.1, 0.15) is 11.9 Å². The molecule has 1 rings (SSSR count). The van der Waals surface area contributed by atoms with E-state index in [1.54, 1.807) is 18.2 Å². The molecule has 14 heavy (non-hydrogen) atoms. The van der Waals surface area contributed by atoms with Gasteiger partial charge in [0.05, 0.1) is 5.02 Å². The lowest BCUT2D eigenvalue weighted by Gasteiger charge is -2.15. The van der Waals surface area contributed by atoms with E-state index in [1.807, 2.05) is 6.92 Å². The lowest BCUT2D eigenvalue weighted by atomic mass is 10.3. The molecular weight excluding hydrogens is 223 g/mol. The highest BCUT2D eigenvalue weighted by Crippen LogP contribution is 2.28. The second-order valence-electron chi connectivity index (χ2n) is 2.91. The number of nitrogens with one attached hydrogen (secondary N) is 1. The summed E-state index contributed by atoms with van der Waals surface area (Å²) in [7, 11) is 0. The van der Waals surface area contributed by atoms with Gasteiger partial charge in [-0.25, -0.2) is 0 Å². The maximum absolute atomic E-state index is 5.91. The van der Waals surface area contributed by atoms with Gasteiger partial charge in [-0.1, -0.05) is 23.2 Å². The van der Waals surface area contributed by atoms with Crippen molar-refractivity contribution in [2.24, 2.45) is 5.84 Å². The van der Waals surface area contributed by atoms with Crippen LogP contribution in [-0.4, -0.2) is 12.6 Å². The number of hydrogen-bond acceptors (Lipinski definition) is 3. The third-order valence-electron chi connectivity index (χ3n) is 1.63. The molecule has 1 atom stereocenters. The maximum Gasteiger partial charge on any atom is 0.139 e. The molecule has 1 unspecified atom stereocenters. The summed E-state index contributed by atoms with van der Waals surface area (Å²) in [6, 6.07) is 5.08.